The Labute approximate surface area is 81.9 Å². The fourth-order valence-electron chi connectivity index (χ4n) is 1.67. The van der Waals surface area contributed by atoms with Gasteiger partial charge in [0.15, 0.2) is 6.29 Å². The van der Waals surface area contributed by atoms with Gasteiger partial charge in [-0.15, -0.1) is 0 Å². The van der Waals surface area contributed by atoms with Crippen LogP contribution < -0.4 is 0 Å². The summed E-state index contributed by atoms with van der Waals surface area (Å²) in [6, 6.07) is 0. The molecule has 0 saturated carbocycles. The van der Waals surface area contributed by atoms with Crippen molar-refractivity contribution in [2.45, 2.75) is 31.0 Å². The van der Waals surface area contributed by atoms with Crippen molar-refractivity contribution in [2.24, 2.45) is 0 Å². The average molecular weight is 224 g/mol. The van der Waals surface area contributed by atoms with Crippen LogP contribution in [0.15, 0.2) is 0 Å². The molecule has 2 heterocycles. The lowest BCUT2D eigenvalue weighted by atomic mass is 10.0. The average Bonchev–Trinajstić information content (AvgIpc) is 2.42. The summed E-state index contributed by atoms with van der Waals surface area (Å²) in [5.41, 5.74) is 0. The maximum atomic E-state index is 10.9. The predicted molar refractivity (Wildman–Crippen MR) is 45.0 cm³/mol. The van der Waals surface area contributed by atoms with Crippen LogP contribution in [0.2, 0.25) is 0 Å². The van der Waals surface area contributed by atoms with E-state index in [0.717, 1.165) is 6.26 Å². The molecule has 0 amide bonds. The van der Waals surface area contributed by atoms with Gasteiger partial charge in [-0.25, -0.2) is 0 Å². The Kier molecular flexibility index (Phi) is 2.52. The van der Waals surface area contributed by atoms with Crippen LogP contribution in [0, 0.1) is 0 Å². The number of rotatable bonds is 2. The van der Waals surface area contributed by atoms with Crippen molar-refractivity contribution in [3.63, 3.8) is 0 Å². The third-order valence-corrected chi connectivity index (χ3v) is 2.85. The minimum Gasteiger partial charge on any atom is -0.388 e. The van der Waals surface area contributed by atoms with E-state index in [1.807, 2.05) is 0 Å². The molecular formula is C7H12O6S. The molecule has 0 aromatic carbocycles. The minimum atomic E-state index is -3.55. The van der Waals surface area contributed by atoms with Gasteiger partial charge in [-0.2, -0.15) is 8.42 Å². The standard InChI is InChI=1S/C7H12O6S/c1-14(9,10)13-4-2-6-11-3-5(12-6)7(4)8/h4-8H,2-3H2,1H3/t4-,5+,6+,7+/m1/s1. The Morgan fingerprint density at radius 2 is 2.21 bits per heavy atom. The molecule has 7 heteroatoms. The van der Waals surface area contributed by atoms with Gasteiger partial charge in [-0.05, 0) is 0 Å². The van der Waals surface area contributed by atoms with Gasteiger partial charge in [0.2, 0.25) is 0 Å². The van der Waals surface area contributed by atoms with Crippen LogP contribution in [0.4, 0.5) is 0 Å². The molecule has 0 radical (unpaired) electrons. The van der Waals surface area contributed by atoms with Gasteiger partial charge in [-0.1, -0.05) is 0 Å². The molecule has 0 unspecified atom stereocenters. The minimum absolute atomic E-state index is 0.241. The van der Waals surface area contributed by atoms with E-state index in [1.54, 1.807) is 0 Å². The number of fused-ring (bicyclic) bond motifs is 2. The maximum absolute atomic E-state index is 10.9. The van der Waals surface area contributed by atoms with Crippen LogP contribution in [-0.2, 0) is 23.8 Å². The highest BCUT2D eigenvalue weighted by Crippen LogP contribution is 2.29. The summed E-state index contributed by atoms with van der Waals surface area (Å²) in [5, 5.41) is 9.62. The molecule has 2 rings (SSSR count). The quantitative estimate of drug-likeness (QED) is 0.596. The first-order chi connectivity index (χ1) is 6.46. The van der Waals surface area contributed by atoms with E-state index in [1.165, 1.54) is 0 Å². The summed E-state index contributed by atoms with van der Waals surface area (Å²) >= 11 is 0. The molecule has 2 aliphatic heterocycles. The lowest BCUT2D eigenvalue weighted by Gasteiger charge is -2.30. The Balaban J connectivity index is 2.06. The first-order valence-corrected chi connectivity index (χ1v) is 6.11. The number of hydrogen-bond acceptors (Lipinski definition) is 6. The third kappa shape index (κ3) is 2.06. The van der Waals surface area contributed by atoms with Crippen LogP contribution in [0.3, 0.4) is 0 Å². The molecule has 0 spiro atoms. The maximum Gasteiger partial charge on any atom is 0.264 e. The first kappa shape index (κ1) is 10.3. The topological polar surface area (TPSA) is 82.1 Å². The van der Waals surface area contributed by atoms with Crippen molar-refractivity contribution in [3.05, 3.63) is 0 Å². The van der Waals surface area contributed by atoms with Crippen molar-refractivity contribution in [3.8, 4) is 0 Å². The Hall–Kier alpha value is -0.210. The van der Waals surface area contributed by atoms with E-state index >= 15 is 0 Å². The second-order valence-corrected chi connectivity index (χ2v) is 5.10. The number of aliphatic hydroxyl groups is 1. The third-order valence-electron chi connectivity index (χ3n) is 2.26. The lowest BCUT2D eigenvalue weighted by Crippen LogP contribution is -2.46. The van der Waals surface area contributed by atoms with Gasteiger partial charge in [0, 0.05) is 6.42 Å². The molecule has 2 fully saturated rings. The Morgan fingerprint density at radius 1 is 1.50 bits per heavy atom. The first-order valence-electron chi connectivity index (χ1n) is 4.29. The monoisotopic (exact) mass is 224 g/mol. The smallest absolute Gasteiger partial charge is 0.264 e. The zero-order valence-electron chi connectivity index (χ0n) is 7.62. The summed E-state index contributed by atoms with van der Waals surface area (Å²) in [5.74, 6) is 0. The van der Waals surface area contributed by atoms with Crippen LogP contribution in [0.1, 0.15) is 6.42 Å². The van der Waals surface area contributed by atoms with Gasteiger partial charge in [0.05, 0.1) is 12.9 Å². The SMILES string of the molecule is CS(=O)(=O)O[C@@H]1C[C@H]2OC[C@H](O2)[C@H]1O. The highest BCUT2D eigenvalue weighted by molar-refractivity contribution is 7.86. The van der Waals surface area contributed by atoms with Crippen LogP contribution >= 0.6 is 0 Å². The second-order valence-electron chi connectivity index (χ2n) is 3.50. The van der Waals surface area contributed by atoms with Crippen LogP contribution in [0.5, 0.6) is 0 Å². The van der Waals surface area contributed by atoms with Gasteiger partial charge < -0.3 is 14.6 Å². The summed E-state index contributed by atoms with van der Waals surface area (Å²) < 4.78 is 36.8. The molecule has 0 aliphatic carbocycles. The highest BCUT2D eigenvalue weighted by atomic mass is 32.2. The number of aliphatic hydroxyl groups excluding tert-OH is 1. The normalized spacial score (nSPS) is 42.7. The van der Waals surface area contributed by atoms with Gasteiger partial charge >= 0.3 is 0 Å². The van der Waals surface area contributed by atoms with Crippen molar-refractivity contribution in [1.29, 1.82) is 0 Å². The summed E-state index contributed by atoms with van der Waals surface area (Å²) in [4.78, 5) is 0. The van der Waals surface area contributed by atoms with Crippen molar-refractivity contribution >= 4 is 10.1 Å². The molecule has 4 atom stereocenters. The predicted octanol–water partition coefficient (Wildman–Crippen LogP) is -1.16. The number of hydrogen-bond donors (Lipinski definition) is 1. The number of ether oxygens (including phenoxy) is 2. The Bertz CT molecular complexity index is 312. The van der Waals surface area contributed by atoms with E-state index in [4.69, 9.17) is 13.7 Å². The highest BCUT2D eigenvalue weighted by Gasteiger charge is 2.44. The van der Waals surface area contributed by atoms with Gasteiger partial charge in [0.25, 0.3) is 10.1 Å². The zero-order valence-corrected chi connectivity index (χ0v) is 8.44. The summed E-state index contributed by atoms with van der Waals surface area (Å²) in [7, 11) is -3.55. The fraction of sp³-hybridized carbons (Fsp3) is 1.00. The molecule has 1 N–H and O–H groups in total. The van der Waals surface area contributed by atoms with Gasteiger partial charge in [0.1, 0.15) is 18.3 Å². The van der Waals surface area contributed by atoms with Crippen LogP contribution in [-0.4, -0.2) is 51.0 Å². The van der Waals surface area contributed by atoms with Crippen molar-refractivity contribution in [1.82, 2.24) is 0 Å². The van der Waals surface area contributed by atoms with E-state index < -0.39 is 34.7 Å². The molecule has 2 aliphatic rings. The Morgan fingerprint density at radius 3 is 2.86 bits per heavy atom. The second kappa shape index (κ2) is 3.42. The van der Waals surface area contributed by atoms with Crippen LogP contribution in [0.25, 0.3) is 0 Å². The van der Waals surface area contributed by atoms with Crippen molar-refractivity contribution in [2.75, 3.05) is 12.9 Å². The fourth-order valence-corrected chi connectivity index (χ4v) is 2.31. The van der Waals surface area contributed by atoms with E-state index in [0.29, 0.717) is 0 Å². The van der Waals surface area contributed by atoms with E-state index in [9.17, 15) is 13.5 Å². The molecule has 82 valence electrons. The molecular weight excluding hydrogens is 212 g/mol. The lowest BCUT2D eigenvalue weighted by molar-refractivity contribution is -0.158. The summed E-state index contributed by atoms with van der Waals surface area (Å²) in [6.07, 6.45) is -1.42. The molecule has 2 bridgehead atoms. The molecule has 0 aromatic heterocycles. The van der Waals surface area contributed by atoms with Crippen molar-refractivity contribution < 1.29 is 27.2 Å². The zero-order chi connectivity index (χ0) is 10.3. The molecule has 6 nitrogen and oxygen atoms in total. The largest absolute Gasteiger partial charge is 0.388 e. The summed E-state index contributed by atoms with van der Waals surface area (Å²) in [6.45, 7) is 0.287. The van der Waals surface area contributed by atoms with Gasteiger partial charge in [-0.3, -0.25) is 4.18 Å². The molecule has 0 aromatic rings. The van der Waals surface area contributed by atoms with E-state index in [2.05, 4.69) is 0 Å². The molecule has 14 heavy (non-hydrogen) atoms. The molecule has 2 saturated heterocycles. The van der Waals surface area contributed by atoms with E-state index in [-0.39, 0.29) is 13.0 Å².